The number of amides is 2. The van der Waals surface area contributed by atoms with Crippen molar-refractivity contribution in [3.05, 3.63) is 119 Å². The normalized spacial score (nSPS) is 21.5. The number of aromatic amines is 2. The summed E-state index contributed by atoms with van der Waals surface area (Å²) in [6.45, 7) is 0.941. The van der Waals surface area contributed by atoms with Crippen molar-refractivity contribution in [2.24, 2.45) is 5.92 Å². The smallest absolute Gasteiger partial charge is 0.405 e. The van der Waals surface area contributed by atoms with Crippen molar-refractivity contribution in [2.45, 2.75) is 62.2 Å². The molecule has 3 fully saturated rings. The lowest BCUT2D eigenvalue weighted by Gasteiger charge is -2.36. The van der Waals surface area contributed by atoms with Crippen molar-refractivity contribution < 1.29 is 23.5 Å². The molecule has 5 atom stereocenters. The standard InChI is InChI=1S/C42H37F2N7O3.3ClH/c43-42(44)30-18-23(9-13-28(30)29-14-10-25(19-31(29)42)35-21-46-38(49-35)33-7-4-16-45-33)24-11-15-32-34(20-24)48-39(47-32)37-26-8-12-27(17-26)51(37)40(52)36(50-41(53)54)22-5-2-1-3-6-22;;;/h1-3,5-6,9-11,13-15,18-21,26-27,33,36-37,45,50H,4,7-8,12,16-17H2,(H,46,49)(H,47,48)(H,53,54);3*1H/t26-,27-,33+,36-,37+;;;/m1.../s1. The van der Waals surface area contributed by atoms with Crippen molar-refractivity contribution in [1.29, 1.82) is 0 Å². The number of carbonyl (C=O) groups is 2. The largest absolute Gasteiger partial charge is 0.465 e. The first-order valence-electron chi connectivity index (χ1n) is 18.6. The van der Waals surface area contributed by atoms with Gasteiger partial charge in [-0.15, -0.1) is 37.2 Å². The lowest BCUT2D eigenvalue weighted by molar-refractivity contribution is -0.138. The van der Waals surface area contributed by atoms with Crippen LogP contribution in [0.3, 0.4) is 0 Å². The second-order valence-corrected chi connectivity index (χ2v) is 15.0. The fraction of sp³-hybridized carbons (Fsp3) is 0.286. The van der Waals surface area contributed by atoms with Gasteiger partial charge in [0.05, 0.1) is 35.0 Å². The number of fused-ring (bicyclic) bond motifs is 6. The van der Waals surface area contributed by atoms with E-state index in [9.17, 15) is 14.7 Å². The quantitative estimate of drug-likeness (QED) is 0.109. The van der Waals surface area contributed by atoms with Crippen molar-refractivity contribution in [3.63, 3.8) is 0 Å². The third-order valence-electron chi connectivity index (χ3n) is 11.9. The molecule has 0 spiro atoms. The molecule has 4 aromatic carbocycles. The highest BCUT2D eigenvalue weighted by atomic mass is 35.5. The maximum Gasteiger partial charge on any atom is 0.405 e. The van der Waals surface area contributed by atoms with E-state index < -0.39 is 18.1 Å². The van der Waals surface area contributed by atoms with Crippen LogP contribution < -0.4 is 10.6 Å². The highest BCUT2D eigenvalue weighted by molar-refractivity contribution is 5.89. The molecular weight excluding hydrogens is 795 g/mol. The molecule has 1 saturated carbocycles. The fourth-order valence-corrected chi connectivity index (χ4v) is 9.36. The number of aromatic nitrogens is 4. The number of hydrogen-bond donors (Lipinski definition) is 5. The molecule has 2 aliphatic carbocycles. The van der Waals surface area contributed by atoms with Gasteiger partial charge in [-0.25, -0.2) is 14.8 Å². The first kappa shape index (κ1) is 40.2. The van der Waals surface area contributed by atoms with E-state index in [-0.39, 0.29) is 78.3 Å². The molecule has 10 rings (SSSR count). The van der Waals surface area contributed by atoms with Crippen LogP contribution in [0.15, 0.2) is 91.1 Å². The van der Waals surface area contributed by atoms with Gasteiger partial charge in [-0.05, 0) is 96.6 Å². The molecule has 4 heterocycles. The number of rotatable bonds is 7. The molecule has 2 bridgehead atoms. The van der Waals surface area contributed by atoms with Gasteiger partial charge >= 0.3 is 6.09 Å². The minimum absolute atomic E-state index is 0. The first-order valence-corrected chi connectivity index (χ1v) is 18.6. The van der Waals surface area contributed by atoms with E-state index in [1.54, 1.807) is 54.7 Å². The summed E-state index contributed by atoms with van der Waals surface area (Å²) in [5.41, 5.74) is 5.79. The number of imidazole rings is 2. The number of piperidine rings is 1. The zero-order valence-electron chi connectivity index (χ0n) is 30.4. The average molecular weight is 835 g/mol. The van der Waals surface area contributed by atoms with Gasteiger partial charge in [0.15, 0.2) is 0 Å². The number of hydrogen-bond acceptors (Lipinski definition) is 5. The van der Waals surface area contributed by atoms with Crippen LogP contribution in [0.4, 0.5) is 13.6 Å². The fourth-order valence-electron chi connectivity index (χ4n) is 9.36. The van der Waals surface area contributed by atoms with Gasteiger partial charge in [0.2, 0.25) is 0 Å². The minimum atomic E-state index is -3.19. The van der Waals surface area contributed by atoms with Crippen LogP contribution in [0, 0.1) is 5.92 Å². The summed E-state index contributed by atoms with van der Waals surface area (Å²) >= 11 is 0. The van der Waals surface area contributed by atoms with Crippen LogP contribution in [-0.2, 0) is 10.7 Å². The van der Waals surface area contributed by atoms with Crippen LogP contribution in [0.5, 0.6) is 0 Å². The number of nitrogens with one attached hydrogen (secondary N) is 4. The third-order valence-corrected chi connectivity index (χ3v) is 11.9. The lowest BCUT2D eigenvalue weighted by atomic mass is 9.96. The van der Waals surface area contributed by atoms with Crippen LogP contribution in [-0.4, -0.2) is 54.5 Å². The molecular formula is C42H40Cl3F2N7O3. The topological polar surface area (TPSA) is 139 Å². The summed E-state index contributed by atoms with van der Waals surface area (Å²) < 4.78 is 32.6. The van der Waals surface area contributed by atoms with Gasteiger partial charge in [0, 0.05) is 22.7 Å². The number of likely N-dealkylation sites (tertiary alicyclic amines) is 1. The molecule has 4 aliphatic rings. The van der Waals surface area contributed by atoms with Crippen LogP contribution in [0.2, 0.25) is 0 Å². The maximum absolute atomic E-state index is 16.3. The molecule has 2 amide bonds. The highest BCUT2D eigenvalue weighted by Gasteiger charge is 2.51. The molecule has 0 unspecified atom stereocenters. The van der Waals surface area contributed by atoms with Gasteiger partial charge in [-0.2, -0.15) is 8.78 Å². The summed E-state index contributed by atoms with van der Waals surface area (Å²) in [5, 5.41) is 15.5. The van der Waals surface area contributed by atoms with E-state index in [2.05, 4.69) is 25.6 Å². The summed E-state index contributed by atoms with van der Waals surface area (Å²) in [4.78, 5) is 44.0. The minimum Gasteiger partial charge on any atom is -0.465 e. The lowest BCUT2D eigenvalue weighted by Crippen LogP contribution is -2.47. The number of nitrogens with zero attached hydrogens (tertiary/aromatic N) is 3. The van der Waals surface area contributed by atoms with E-state index in [4.69, 9.17) is 4.98 Å². The molecule has 296 valence electrons. The summed E-state index contributed by atoms with van der Waals surface area (Å²) in [6.07, 6.45) is 5.13. The van der Waals surface area contributed by atoms with Crippen molar-refractivity contribution in [1.82, 2.24) is 35.5 Å². The second-order valence-electron chi connectivity index (χ2n) is 15.0. The molecule has 6 aromatic rings. The SMILES string of the molecule is Cl.Cl.Cl.O=C(O)N[C@@H](C(=O)N1[C@@H]2CC[C@H](C2)[C@H]1c1nc2ccc(-c3ccc4c(c3)C(F)(F)c3cc(-c5cnc([C@@H]6CCCN6)[nH]5)ccc3-4)cc2[nH]1)c1ccccc1. The number of carbonyl (C=O) groups excluding carboxylic acids is 1. The molecule has 2 saturated heterocycles. The Labute approximate surface area is 345 Å². The van der Waals surface area contributed by atoms with Gasteiger partial charge in [0.1, 0.15) is 17.7 Å². The molecule has 2 aromatic heterocycles. The van der Waals surface area contributed by atoms with E-state index >= 15 is 8.78 Å². The summed E-state index contributed by atoms with van der Waals surface area (Å²) in [5.74, 6) is -1.84. The van der Waals surface area contributed by atoms with Gasteiger partial charge < -0.3 is 30.6 Å². The molecule has 2 aliphatic heterocycles. The van der Waals surface area contributed by atoms with E-state index in [0.29, 0.717) is 44.9 Å². The Morgan fingerprint density at radius 2 is 1.54 bits per heavy atom. The van der Waals surface area contributed by atoms with Crippen LogP contribution in [0.25, 0.3) is 44.5 Å². The second kappa shape index (κ2) is 15.4. The Bertz CT molecular complexity index is 2470. The Morgan fingerprint density at radius 1 is 0.842 bits per heavy atom. The Kier molecular flexibility index (Phi) is 10.9. The Morgan fingerprint density at radius 3 is 2.26 bits per heavy atom. The Hall–Kier alpha value is -5.01. The first-order chi connectivity index (χ1) is 26.2. The predicted molar refractivity (Wildman–Crippen MR) is 220 cm³/mol. The monoisotopic (exact) mass is 833 g/mol. The number of benzene rings is 4. The molecule has 57 heavy (non-hydrogen) atoms. The van der Waals surface area contributed by atoms with Gasteiger partial charge in [-0.3, -0.25) is 4.79 Å². The van der Waals surface area contributed by atoms with Crippen LogP contribution >= 0.6 is 37.2 Å². The molecule has 10 nitrogen and oxygen atoms in total. The highest BCUT2D eigenvalue weighted by Crippen LogP contribution is 2.53. The van der Waals surface area contributed by atoms with Gasteiger partial charge in [-0.1, -0.05) is 60.7 Å². The predicted octanol–water partition coefficient (Wildman–Crippen LogP) is 9.49. The molecule has 0 radical (unpaired) electrons. The van der Waals surface area contributed by atoms with Crippen molar-refractivity contribution in [3.8, 4) is 33.5 Å². The van der Waals surface area contributed by atoms with Crippen molar-refractivity contribution >= 4 is 60.3 Å². The Balaban J connectivity index is 0.00000165. The van der Waals surface area contributed by atoms with E-state index in [1.165, 1.54) is 0 Å². The number of carboxylic acid groups (broad SMARTS) is 1. The molecule has 5 N–H and O–H groups in total. The molecule has 15 heteroatoms. The number of alkyl halides is 2. The average Bonchev–Trinajstić information content (AvgIpc) is 4.05. The number of H-pyrrole nitrogens is 2. The zero-order valence-corrected chi connectivity index (χ0v) is 32.8. The number of halogens is 5. The summed E-state index contributed by atoms with van der Waals surface area (Å²) in [6, 6.07) is 23.8. The summed E-state index contributed by atoms with van der Waals surface area (Å²) in [7, 11) is 0. The van der Waals surface area contributed by atoms with E-state index in [0.717, 1.165) is 55.6 Å². The van der Waals surface area contributed by atoms with E-state index in [1.807, 2.05) is 41.3 Å². The third kappa shape index (κ3) is 6.72. The van der Waals surface area contributed by atoms with Gasteiger partial charge in [0.25, 0.3) is 11.8 Å². The van der Waals surface area contributed by atoms with Crippen molar-refractivity contribution in [2.75, 3.05) is 6.54 Å². The van der Waals surface area contributed by atoms with Crippen LogP contribution in [0.1, 0.15) is 78.6 Å². The zero-order chi connectivity index (χ0) is 36.7. The maximum atomic E-state index is 16.3.